The summed E-state index contributed by atoms with van der Waals surface area (Å²) in [6, 6.07) is 6.22. The average Bonchev–Trinajstić information content (AvgIpc) is 1.70. The summed E-state index contributed by atoms with van der Waals surface area (Å²) in [6.07, 6.45) is 5.63. The highest BCUT2D eigenvalue weighted by Gasteiger charge is 2.45. The van der Waals surface area contributed by atoms with Crippen molar-refractivity contribution in [1.29, 1.82) is 10.8 Å². The van der Waals surface area contributed by atoms with E-state index in [1.165, 1.54) is 45.7 Å². The van der Waals surface area contributed by atoms with Gasteiger partial charge >= 0.3 is 6.09 Å². The van der Waals surface area contributed by atoms with E-state index in [0.29, 0.717) is 137 Å². The lowest BCUT2D eigenvalue weighted by atomic mass is 10.1. The Morgan fingerprint density at radius 2 is 1.22 bits per heavy atom. The fourth-order valence-electron chi connectivity index (χ4n) is 10.0. The molecule has 3 atom stereocenters. The van der Waals surface area contributed by atoms with Gasteiger partial charge in [0.1, 0.15) is 18.3 Å². The van der Waals surface area contributed by atoms with Crippen LogP contribution in [-0.2, 0) is 47.7 Å². The van der Waals surface area contributed by atoms with E-state index in [-0.39, 0.29) is 101 Å². The number of anilines is 1. The standard InChI is InChI=1S/C61H84N10O16S2/c1-40-30-42-36-67-45-34-50(48(79-5)32-43(45)57(62)69(42)37-40)85-19-8-7-9-20-86-51-35-46-44(33-49(51)80-6)58(63)70-38-41(2)31-47(70)59(77)71(46)60(78)87-39-61(3,4)89-88-29-14-54(74)65-16-15-64-53(73)13-21-81-23-25-83-27-28-84-26-24-82-22-17-66-52(72)12-18-68-55(75)10-11-56(68)76/h10-11,32-36,42,47,59,62-63,77H,1-2,7-9,12-31,37-39H2,3-6H3,(H,64,73)(H,65,74)(H,66,72)/t42-,47?,59?/m0/s1. The molecule has 2 saturated heterocycles. The van der Waals surface area contributed by atoms with Crippen LogP contribution in [0.2, 0.25) is 0 Å². The SMILES string of the molecule is C=C1CC2C(O)N(C(=O)OCC(C)(C)SSCCC(=O)NCCNC(=O)CCOCCOCCOCCOCCNC(=O)CCN3C(=O)C=CC3=O)c3cc(OCCCCCOc4cc5c(cc4OC)C(=N)N4CC(=C)C[C@H]4C=N5)c(OC)cc3C(=N)N2C1. The van der Waals surface area contributed by atoms with Crippen molar-refractivity contribution in [2.24, 2.45) is 4.99 Å². The third-order valence-electron chi connectivity index (χ3n) is 14.6. The van der Waals surface area contributed by atoms with E-state index in [4.69, 9.17) is 53.0 Å². The maximum Gasteiger partial charge on any atom is 0.416 e. The first-order valence-corrected chi connectivity index (χ1v) is 32.1. The van der Waals surface area contributed by atoms with Crippen molar-refractivity contribution < 1.29 is 76.5 Å². The molecule has 486 valence electrons. The van der Waals surface area contributed by atoms with E-state index in [1.54, 1.807) is 30.2 Å². The number of nitrogens with one attached hydrogen (secondary N) is 5. The number of amides is 6. The van der Waals surface area contributed by atoms with E-state index in [1.807, 2.05) is 31.0 Å². The Morgan fingerprint density at radius 3 is 1.88 bits per heavy atom. The molecular weight excluding hydrogens is 1190 g/mol. The minimum absolute atomic E-state index is 0.00347. The minimum Gasteiger partial charge on any atom is -0.493 e. The van der Waals surface area contributed by atoms with Gasteiger partial charge in [0.05, 0.1) is 108 Å². The molecule has 6 N–H and O–H groups in total. The molecule has 26 nitrogen and oxygen atoms in total. The normalized spacial score (nSPS) is 17.7. The topological polar surface area (TPSA) is 315 Å². The number of amidine groups is 2. The summed E-state index contributed by atoms with van der Waals surface area (Å²) in [5.74, 6) is 1.16. The van der Waals surface area contributed by atoms with Crippen LogP contribution in [0.15, 0.2) is 65.7 Å². The minimum atomic E-state index is -1.40. The highest BCUT2D eigenvalue weighted by atomic mass is 33.1. The smallest absolute Gasteiger partial charge is 0.416 e. The van der Waals surface area contributed by atoms with Crippen LogP contribution in [0.3, 0.4) is 0 Å². The number of benzene rings is 2. The number of aliphatic hydroxyl groups excluding tert-OH is 1. The van der Waals surface area contributed by atoms with Crippen LogP contribution in [0.5, 0.6) is 23.0 Å². The van der Waals surface area contributed by atoms with E-state index in [2.05, 4.69) is 29.1 Å². The maximum atomic E-state index is 14.3. The molecular formula is C61H84N10O16S2. The number of hydrogen-bond acceptors (Lipinski definition) is 21. The van der Waals surface area contributed by atoms with Crippen molar-refractivity contribution >= 4 is 86.5 Å². The molecule has 5 aliphatic rings. The molecule has 0 aromatic heterocycles. The predicted molar refractivity (Wildman–Crippen MR) is 337 cm³/mol. The van der Waals surface area contributed by atoms with Crippen LogP contribution in [0.25, 0.3) is 0 Å². The average molecular weight is 1280 g/mol. The van der Waals surface area contributed by atoms with Gasteiger partial charge < -0.3 is 73.5 Å². The van der Waals surface area contributed by atoms with Gasteiger partial charge in [0, 0.05) is 106 Å². The van der Waals surface area contributed by atoms with Gasteiger partial charge in [0.2, 0.25) is 17.7 Å². The summed E-state index contributed by atoms with van der Waals surface area (Å²) in [5.41, 5.74) is 3.79. The van der Waals surface area contributed by atoms with Crippen LogP contribution in [0, 0.1) is 10.8 Å². The number of rotatable bonds is 38. The van der Waals surface area contributed by atoms with Crippen LogP contribution in [0.4, 0.5) is 16.2 Å². The molecule has 0 saturated carbocycles. The number of unbranched alkanes of at least 4 members (excludes halogenated alkanes) is 2. The molecule has 2 unspecified atom stereocenters. The summed E-state index contributed by atoms with van der Waals surface area (Å²) in [7, 11) is 5.98. The second-order valence-corrected chi connectivity index (χ2v) is 25.1. The van der Waals surface area contributed by atoms with Gasteiger partial charge in [-0.15, -0.1) is 0 Å². The highest BCUT2D eigenvalue weighted by molar-refractivity contribution is 8.77. The number of nitrogens with zero attached hydrogens (tertiary/aromatic N) is 5. The molecule has 6 amide bonds. The van der Waals surface area contributed by atoms with Gasteiger partial charge in [-0.25, -0.2) is 9.69 Å². The Kier molecular flexibility index (Phi) is 27.0. The number of carbonyl (C=O) groups excluding carboxylic acids is 6. The predicted octanol–water partition coefficient (Wildman–Crippen LogP) is 4.90. The number of imide groups is 1. The quantitative estimate of drug-likeness (QED) is 0.0225. The molecule has 0 bridgehead atoms. The lowest BCUT2D eigenvalue weighted by Crippen LogP contribution is -2.51. The molecule has 2 aromatic carbocycles. The summed E-state index contributed by atoms with van der Waals surface area (Å²) in [5, 5.41) is 38.4. The lowest BCUT2D eigenvalue weighted by molar-refractivity contribution is -0.137. The molecule has 28 heteroatoms. The molecule has 2 fully saturated rings. The van der Waals surface area contributed by atoms with E-state index >= 15 is 0 Å². The Labute approximate surface area is 527 Å². The maximum absolute atomic E-state index is 14.3. The molecule has 89 heavy (non-hydrogen) atoms. The third-order valence-corrected chi connectivity index (χ3v) is 17.9. The molecule has 0 spiro atoms. The number of aliphatic hydroxyl groups is 1. The summed E-state index contributed by atoms with van der Waals surface area (Å²) in [6.45, 7) is 16.9. The van der Waals surface area contributed by atoms with Crippen LogP contribution in [0.1, 0.15) is 76.3 Å². The van der Waals surface area contributed by atoms with Gasteiger partial charge in [-0.05, 0) is 58.1 Å². The fourth-order valence-corrected chi connectivity index (χ4v) is 12.4. The van der Waals surface area contributed by atoms with Crippen LogP contribution < -0.4 is 39.8 Å². The number of hydrogen-bond donors (Lipinski definition) is 6. The first-order valence-electron chi connectivity index (χ1n) is 29.8. The zero-order valence-corrected chi connectivity index (χ0v) is 52.8. The van der Waals surface area contributed by atoms with Crippen molar-refractivity contribution in [3.8, 4) is 23.0 Å². The van der Waals surface area contributed by atoms with Crippen molar-refractivity contribution in [1.82, 2.24) is 30.7 Å². The Morgan fingerprint density at radius 1 is 0.674 bits per heavy atom. The first-order chi connectivity index (χ1) is 42.9. The molecule has 0 radical (unpaired) electrons. The fraction of sp³-hybridized carbons (Fsp3) is 0.557. The first kappa shape index (κ1) is 69.3. The van der Waals surface area contributed by atoms with Gasteiger partial charge in [0.15, 0.2) is 29.2 Å². The highest BCUT2D eigenvalue weighted by Crippen LogP contribution is 2.43. The second-order valence-electron chi connectivity index (χ2n) is 22.0. The number of ether oxygens (including phenoxy) is 9. The molecule has 5 heterocycles. The number of aliphatic imine (C=N–C) groups is 1. The second kappa shape index (κ2) is 34.7. The molecule has 2 aromatic rings. The zero-order valence-electron chi connectivity index (χ0n) is 51.2. The lowest BCUT2D eigenvalue weighted by Gasteiger charge is -2.33. The van der Waals surface area contributed by atoms with Crippen LogP contribution >= 0.6 is 21.6 Å². The van der Waals surface area contributed by atoms with Gasteiger partial charge in [0.25, 0.3) is 11.8 Å². The van der Waals surface area contributed by atoms with Gasteiger partial charge in [-0.1, -0.05) is 45.9 Å². The Bertz CT molecular complexity index is 2930. The van der Waals surface area contributed by atoms with E-state index in [9.17, 15) is 39.3 Å². The van der Waals surface area contributed by atoms with E-state index < -0.39 is 34.9 Å². The van der Waals surface area contributed by atoms with Crippen molar-refractivity contribution in [3.63, 3.8) is 0 Å². The van der Waals surface area contributed by atoms with Crippen molar-refractivity contribution in [2.75, 3.05) is 137 Å². The van der Waals surface area contributed by atoms with Crippen molar-refractivity contribution in [2.45, 2.75) is 88.3 Å². The monoisotopic (exact) mass is 1280 g/mol. The number of carbonyl (C=O) groups is 6. The molecule has 0 aliphatic carbocycles. The van der Waals surface area contributed by atoms with Crippen LogP contribution in [-0.4, -0.2) is 228 Å². The Balaban J connectivity index is 0.737. The van der Waals surface area contributed by atoms with Gasteiger partial charge in [-0.2, -0.15) is 0 Å². The summed E-state index contributed by atoms with van der Waals surface area (Å²) < 4.78 is 51.1. The summed E-state index contributed by atoms with van der Waals surface area (Å²) in [4.78, 5) is 84.8. The molecule has 7 rings (SSSR count). The van der Waals surface area contributed by atoms with E-state index in [0.717, 1.165) is 28.9 Å². The number of fused-ring (bicyclic) bond motifs is 4. The third kappa shape index (κ3) is 20.4. The van der Waals surface area contributed by atoms with Gasteiger partial charge in [-0.3, -0.25) is 44.7 Å². The summed E-state index contributed by atoms with van der Waals surface area (Å²) >= 11 is 0. The Hall–Kier alpha value is -7.21. The molecule has 5 aliphatic heterocycles. The number of methoxy groups -OCH3 is 2. The largest absolute Gasteiger partial charge is 0.493 e. The zero-order chi connectivity index (χ0) is 63.9. The van der Waals surface area contributed by atoms with Crippen molar-refractivity contribution in [3.05, 3.63) is 71.8 Å².